The predicted molar refractivity (Wildman–Crippen MR) is 71.4 cm³/mol. The van der Waals surface area contributed by atoms with E-state index in [-0.39, 0.29) is 11.9 Å². The standard InChI is InChI=1S/C13H15FN2OS/c1-7(15)13-12(16-8(2)18-13)10-6-9(14)4-5-11(10)17-3/h4-7H,15H2,1-3H3. The van der Waals surface area contributed by atoms with E-state index in [1.807, 2.05) is 13.8 Å². The van der Waals surface area contributed by atoms with Crippen LogP contribution in [0, 0.1) is 12.7 Å². The number of halogens is 1. The molecular formula is C13H15FN2OS. The van der Waals surface area contributed by atoms with Gasteiger partial charge < -0.3 is 10.5 Å². The average Bonchev–Trinajstić information content (AvgIpc) is 2.71. The monoisotopic (exact) mass is 266 g/mol. The van der Waals surface area contributed by atoms with Crippen molar-refractivity contribution in [1.82, 2.24) is 4.98 Å². The number of aryl methyl sites for hydroxylation is 1. The van der Waals surface area contributed by atoms with Gasteiger partial charge in [-0.15, -0.1) is 11.3 Å². The number of hydrogen-bond donors (Lipinski definition) is 1. The second-order valence-electron chi connectivity index (χ2n) is 4.08. The zero-order chi connectivity index (χ0) is 13.3. The van der Waals surface area contributed by atoms with Crippen LogP contribution in [0.25, 0.3) is 11.3 Å². The Morgan fingerprint density at radius 3 is 2.78 bits per heavy atom. The van der Waals surface area contributed by atoms with Gasteiger partial charge in [0.2, 0.25) is 0 Å². The van der Waals surface area contributed by atoms with E-state index in [0.29, 0.717) is 17.0 Å². The van der Waals surface area contributed by atoms with Gasteiger partial charge in [-0.1, -0.05) is 0 Å². The molecule has 2 rings (SSSR count). The summed E-state index contributed by atoms with van der Waals surface area (Å²) in [5.74, 6) is 0.288. The fourth-order valence-corrected chi connectivity index (χ4v) is 2.70. The van der Waals surface area contributed by atoms with E-state index in [1.54, 1.807) is 13.2 Å². The second-order valence-corrected chi connectivity index (χ2v) is 5.31. The summed E-state index contributed by atoms with van der Waals surface area (Å²) in [6.07, 6.45) is 0. The lowest BCUT2D eigenvalue weighted by Crippen LogP contribution is -2.04. The molecular weight excluding hydrogens is 251 g/mol. The zero-order valence-corrected chi connectivity index (χ0v) is 11.3. The smallest absolute Gasteiger partial charge is 0.128 e. The third kappa shape index (κ3) is 2.37. The van der Waals surface area contributed by atoms with Crippen LogP contribution in [0.2, 0.25) is 0 Å². The summed E-state index contributed by atoms with van der Waals surface area (Å²) in [5, 5.41) is 0.906. The van der Waals surface area contributed by atoms with Gasteiger partial charge in [0, 0.05) is 16.5 Å². The minimum absolute atomic E-state index is 0.140. The molecule has 0 fully saturated rings. The van der Waals surface area contributed by atoms with Crippen molar-refractivity contribution < 1.29 is 9.13 Å². The lowest BCUT2D eigenvalue weighted by atomic mass is 10.1. The number of rotatable bonds is 3. The number of nitrogens with two attached hydrogens (primary N) is 1. The molecule has 1 atom stereocenters. The van der Waals surface area contributed by atoms with Gasteiger partial charge in [0.05, 0.1) is 17.8 Å². The summed E-state index contributed by atoms with van der Waals surface area (Å²) in [5.41, 5.74) is 7.29. The van der Waals surface area contributed by atoms with Crippen molar-refractivity contribution in [2.45, 2.75) is 19.9 Å². The van der Waals surface area contributed by atoms with Crippen LogP contribution in [0.15, 0.2) is 18.2 Å². The first kappa shape index (κ1) is 13.0. The lowest BCUT2D eigenvalue weighted by molar-refractivity contribution is 0.415. The van der Waals surface area contributed by atoms with Crippen molar-refractivity contribution >= 4 is 11.3 Å². The summed E-state index contributed by atoms with van der Waals surface area (Å²) >= 11 is 1.53. The first-order valence-electron chi connectivity index (χ1n) is 5.59. The lowest BCUT2D eigenvalue weighted by Gasteiger charge is -2.10. The Bertz CT molecular complexity index is 566. The number of aromatic nitrogens is 1. The molecule has 0 bridgehead atoms. The maximum Gasteiger partial charge on any atom is 0.128 e. The topological polar surface area (TPSA) is 48.1 Å². The number of nitrogens with zero attached hydrogens (tertiary/aromatic N) is 1. The number of ether oxygens (including phenoxy) is 1. The molecule has 96 valence electrons. The molecule has 0 spiro atoms. The Morgan fingerprint density at radius 2 is 2.17 bits per heavy atom. The SMILES string of the molecule is COc1ccc(F)cc1-c1nc(C)sc1C(C)N. The zero-order valence-electron chi connectivity index (χ0n) is 10.5. The Hall–Kier alpha value is -1.46. The van der Waals surface area contributed by atoms with Gasteiger partial charge in [-0.05, 0) is 32.0 Å². The molecule has 1 aromatic carbocycles. The van der Waals surface area contributed by atoms with Gasteiger partial charge in [-0.2, -0.15) is 0 Å². The molecule has 3 nitrogen and oxygen atoms in total. The molecule has 0 aliphatic carbocycles. The van der Waals surface area contributed by atoms with Crippen LogP contribution in [0.3, 0.4) is 0 Å². The molecule has 0 aliphatic heterocycles. The molecule has 0 saturated carbocycles. The molecule has 2 aromatic rings. The predicted octanol–water partition coefficient (Wildman–Crippen LogP) is 3.29. The Morgan fingerprint density at radius 1 is 1.44 bits per heavy atom. The summed E-state index contributed by atoms with van der Waals surface area (Å²) in [6, 6.07) is 4.26. The molecule has 0 aliphatic rings. The van der Waals surface area contributed by atoms with E-state index >= 15 is 0 Å². The second kappa shape index (κ2) is 5.04. The van der Waals surface area contributed by atoms with E-state index in [1.165, 1.54) is 23.5 Å². The molecule has 2 N–H and O–H groups in total. The number of thiazole rings is 1. The quantitative estimate of drug-likeness (QED) is 0.927. The molecule has 1 heterocycles. The summed E-state index contributed by atoms with van der Waals surface area (Å²) in [6.45, 7) is 3.80. The van der Waals surface area contributed by atoms with Gasteiger partial charge >= 0.3 is 0 Å². The number of hydrogen-bond acceptors (Lipinski definition) is 4. The summed E-state index contributed by atoms with van der Waals surface area (Å²) < 4.78 is 18.7. The van der Waals surface area contributed by atoms with E-state index in [9.17, 15) is 4.39 Å². The molecule has 1 unspecified atom stereocenters. The van der Waals surface area contributed by atoms with Crippen LogP contribution >= 0.6 is 11.3 Å². The maximum atomic E-state index is 13.4. The Kier molecular flexibility index (Phi) is 3.63. The molecule has 0 radical (unpaired) electrons. The minimum Gasteiger partial charge on any atom is -0.496 e. The average molecular weight is 266 g/mol. The van der Waals surface area contributed by atoms with Crippen molar-refractivity contribution in [2.75, 3.05) is 7.11 Å². The first-order valence-corrected chi connectivity index (χ1v) is 6.41. The first-order chi connectivity index (χ1) is 8.52. The summed E-state index contributed by atoms with van der Waals surface area (Å²) in [7, 11) is 1.56. The van der Waals surface area contributed by atoms with Crippen molar-refractivity contribution in [2.24, 2.45) is 5.73 Å². The largest absolute Gasteiger partial charge is 0.496 e. The molecule has 0 amide bonds. The minimum atomic E-state index is -0.313. The van der Waals surface area contributed by atoms with Gasteiger partial charge in [0.1, 0.15) is 11.6 Å². The number of methoxy groups -OCH3 is 1. The van der Waals surface area contributed by atoms with Crippen LogP contribution in [0.5, 0.6) is 5.75 Å². The fraction of sp³-hybridized carbons (Fsp3) is 0.308. The van der Waals surface area contributed by atoms with Gasteiger partial charge in [0.25, 0.3) is 0 Å². The Balaban J connectivity index is 2.64. The van der Waals surface area contributed by atoms with E-state index < -0.39 is 0 Å². The van der Waals surface area contributed by atoms with Crippen molar-refractivity contribution in [3.05, 3.63) is 33.9 Å². The van der Waals surface area contributed by atoms with Crippen molar-refractivity contribution in [3.63, 3.8) is 0 Å². The van der Waals surface area contributed by atoms with Crippen molar-refractivity contribution in [1.29, 1.82) is 0 Å². The van der Waals surface area contributed by atoms with Gasteiger partial charge in [-0.3, -0.25) is 0 Å². The third-order valence-corrected chi connectivity index (χ3v) is 3.76. The molecule has 5 heteroatoms. The van der Waals surface area contributed by atoms with Gasteiger partial charge in [0.15, 0.2) is 0 Å². The normalized spacial score (nSPS) is 12.5. The van der Waals surface area contributed by atoms with Gasteiger partial charge in [-0.25, -0.2) is 9.37 Å². The Labute approximate surface area is 109 Å². The van der Waals surface area contributed by atoms with E-state index in [0.717, 1.165) is 9.88 Å². The van der Waals surface area contributed by atoms with Crippen LogP contribution in [-0.4, -0.2) is 12.1 Å². The van der Waals surface area contributed by atoms with Crippen LogP contribution in [0.4, 0.5) is 4.39 Å². The van der Waals surface area contributed by atoms with E-state index in [4.69, 9.17) is 10.5 Å². The highest BCUT2D eigenvalue weighted by molar-refractivity contribution is 7.12. The number of benzene rings is 1. The highest BCUT2D eigenvalue weighted by atomic mass is 32.1. The molecule has 0 saturated heterocycles. The van der Waals surface area contributed by atoms with Crippen LogP contribution in [-0.2, 0) is 0 Å². The fourth-order valence-electron chi connectivity index (χ4n) is 1.81. The third-order valence-electron chi connectivity index (χ3n) is 2.59. The highest BCUT2D eigenvalue weighted by Crippen LogP contribution is 2.37. The van der Waals surface area contributed by atoms with Crippen LogP contribution < -0.4 is 10.5 Å². The molecule has 18 heavy (non-hydrogen) atoms. The van der Waals surface area contributed by atoms with Crippen molar-refractivity contribution in [3.8, 4) is 17.0 Å². The maximum absolute atomic E-state index is 13.4. The summed E-state index contributed by atoms with van der Waals surface area (Å²) in [4.78, 5) is 5.38. The highest BCUT2D eigenvalue weighted by Gasteiger charge is 2.18. The van der Waals surface area contributed by atoms with Crippen LogP contribution in [0.1, 0.15) is 22.9 Å². The molecule has 1 aromatic heterocycles. The van der Waals surface area contributed by atoms with E-state index in [2.05, 4.69) is 4.98 Å².